The number of anilines is 4. The summed E-state index contributed by atoms with van der Waals surface area (Å²) in [5, 5.41) is 47.2. The largest absolute Gasteiger partial charge is 0.494 e. The molecule has 0 saturated carbocycles. The summed E-state index contributed by atoms with van der Waals surface area (Å²) in [5.41, 5.74) is 0.811. The molecule has 0 unspecified atom stereocenters. The van der Waals surface area contributed by atoms with Crippen LogP contribution in [0, 0.1) is 22.7 Å². The minimum absolute atomic E-state index is 0.0481. The number of carbonyl (C=O) groups is 2. The third-order valence-electron chi connectivity index (χ3n) is 11.9. The average molecular weight is 967 g/mol. The van der Waals surface area contributed by atoms with Gasteiger partial charge < -0.3 is 39.5 Å². The maximum Gasteiger partial charge on any atom is 0.416 e. The van der Waals surface area contributed by atoms with Gasteiger partial charge in [-0.05, 0) is 97.5 Å². The van der Waals surface area contributed by atoms with Crippen LogP contribution in [0.15, 0.2) is 109 Å². The minimum atomic E-state index is -4.66. The van der Waals surface area contributed by atoms with E-state index in [9.17, 15) is 56.7 Å². The molecule has 8 rings (SSSR count). The van der Waals surface area contributed by atoms with Crippen molar-refractivity contribution in [1.29, 1.82) is 10.5 Å². The molecule has 0 fully saturated rings. The van der Waals surface area contributed by atoms with Crippen molar-refractivity contribution < 1.29 is 55.6 Å². The van der Waals surface area contributed by atoms with Crippen LogP contribution in [0.1, 0.15) is 82.3 Å². The predicted molar refractivity (Wildman–Crippen MR) is 243 cm³/mol. The standard InChI is InChI=1S/C50H44F6N8O6/c51-49(52,53)35-7-3-9-37(25-35)63-39-29-61(45(65)41(39)43(59-47(63)67)33-15-11-31(27-57)12-16-33)19-5-23-69-21-1-2-22-70-24-6-20-62-30-40-42(46(62)66)44(34-17-13-32(28-58)14-18-34)60-48(68)64(40)38-10-4-8-36(26-38)50(54,55)56/h3-4,7-18,25-26,29-30,43-44,65-66H,1-2,5-6,19-24H2,(H,59,67)(H,60,68)/t43-,44-/m1/s1. The number of aromatic hydroxyl groups is 2. The van der Waals surface area contributed by atoms with Gasteiger partial charge in [-0.25, -0.2) is 9.59 Å². The van der Waals surface area contributed by atoms with Crippen molar-refractivity contribution in [2.24, 2.45) is 0 Å². The first-order valence-electron chi connectivity index (χ1n) is 22.1. The van der Waals surface area contributed by atoms with E-state index in [1.807, 2.05) is 12.1 Å². The highest BCUT2D eigenvalue weighted by Gasteiger charge is 2.41. The van der Waals surface area contributed by atoms with E-state index >= 15 is 0 Å². The number of hydrogen-bond donors (Lipinski definition) is 4. The van der Waals surface area contributed by atoms with Gasteiger partial charge >= 0.3 is 24.4 Å². The topological polar surface area (TPSA) is 181 Å². The highest BCUT2D eigenvalue weighted by molar-refractivity contribution is 6.04. The number of alkyl halides is 6. The molecule has 20 heteroatoms. The fraction of sp³-hybridized carbons (Fsp3) is 0.280. The Hall–Kier alpha value is -7.94. The van der Waals surface area contributed by atoms with Crippen LogP contribution in [0.4, 0.5) is 58.7 Å². The Morgan fingerprint density at radius 2 is 0.929 bits per heavy atom. The van der Waals surface area contributed by atoms with Crippen LogP contribution in [0.2, 0.25) is 0 Å². The second-order valence-electron chi connectivity index (χ2n) is 16.5. The van der Waals surface area contributed by atoms with E-state index < -0.39 is 47.6 Å². The van der Waals surface area contributed by atoms with Crippen LogP contribution in [0.5, 0.6) is 11.8 Å². The van der Waals surface area contributed by atoms with E-state index in [0.29, 0.717) is 74.4 Å². The number of nitriles is 2. The number of nitrogens with one attached hydrogen (secondary N) is 2. The molecule has 4 N–H and O–H groups in total. The van der Waals surface area contributed by atoms with Gasteiger partial charge in [0.25, 0.3) is 0 Å². The van der Waals surface area contributed by atoms with Crippen molar-refractivity contribution in [3.63, 3.8) is 0 Å². The van der Waals surface area contributed by atoms with E-state index in [1.54, 1.807) is 48.5 Å². The lowest BCUT2D eigenvalue weighted by Gasteiger charge is -2.33. The fourth-order valence-electron chi connectivity index (χ4n) is 8.53. The first-order chi connectivity index (χ1) is 33.6. The van der Waals surface area contributed by atoms with Crippen LogP contribution < -0.4 is 20.4 Å². The van der Waals surface area contributed by atoms with Crippen LogP contribution in [-0.4, -0.2) is 57.8 Å². The zero-order valence-corrected chi connectivity index (χ0v) is 37.1. The number of fused-ring (bicyclic) bond motifs is 2. The number of hydrogen-bond acceptors (Lipinski definition) is 8. The molecule has 0 saturated heterocycles. The van der Waals surface area contributed by atoms with E-state index in [-0.39, 0.29) is 58.7 Å². The zero-order valence-electron chi connectivity index (χ0n) is 37.1. The molecule has 2 atom stereocenters. The van der Waals surface area contributed by atoms with Gasteiger partial charge in [0.2, 0.25) is 0 Å². The third kappa shape index (κ3) is 10.2. The molecule has 362 valence electrons. The van der Waals surface area contributed by atoms with Gasteiger partial charge in [-0.15, -0.1) is 0 Å². The van der Waals surface area contributed by atoms with Crippen molar-refractivity contribution in [3.05, 3.63) is 154 Å². The van der Waals surface area contributed by atoms with E-state index in [4.69, 9.17) is 9.47 Å². The van der Waals surface area contributed by atoms with E-state index in [1.165, 1.54) is 45.8 Å². The van der Waals surface area contributed by atoms with Gasteiger partial charge in [-0.3, -0.25) is 9.80 Å². The lowest BCUT2D eigenvalue weighted by molar-refractivity contribution is -0.138. The molecule has 0 aliphatic carbocycles. The number of halogens is 6. The number of carbonyl (C=O) groups excluding carboxylic acids is 2. The summed E-state index contributed by atoms with van der Waals surface area (Å²) in [5.74, 6) is -0.386. The molecule has 0 radical (unpaired) electrons. The van der Waals surface area contributed by atoms with Crippen LogP contribution >= 0.6 is 0 Å². The van der Waals surface area contributed by atoms with E-state index in [2.05, 4.69) is 10.6 Å². The molecule has 4 aromatic carbocycles. The average Bonchev–Trinajstić information content (AvgIpc) is 3.85. The van der Waals surface area contributed by atoms with Crippen molar-refractivity contribution in [3.8, 4) is 23.9 Å². The summed E-state index contributed by atoms with van der Waals surface area (Å²) in [6, 6.07) is 22.4. The zero-order chi connectivity index (χ0) is 49.7. The molecule has 70 heavy (non-hydrogen) atoms. The Labute approximate surface area is 397 Å². The van der Waals surface area contributed by atoms with Crippen LogP contribution in [0.3, 0.4) is 0 Å². The SMILES string of the molecule is N#Cc1ccc([C@H]2NC(=O)N(c3cccc(C(F)(F)F)c3)c3cn(CCCOCCCCOCCCn4cc5c(c4O)[C@@H](c4ccc(C#N)cc4)NC(=O)N5c4cccc(C(F)(F)F)c4)c(O)c32)cc1. The molecule has 4 amide bonds. The normalized spacial score (nSPS) is 15.7. The van der Waals surface area contributed by atoms with Crippen molar-refractivity contribution in [2.45, 2.75) is 63.2 Å². The Bertz CT molecular complexity index is 2760. The molecular weight excluding hydrogens is 923 g/mol. The van der Waals surface area contributed by atoms with Crippen LogP contribution in [0.25, 0.3) is 0 Å². The van der Waals surface area contributed by atoms with Crippen molar-refractivity contribution in [2.75, 3.05) is 36.2 Å². The molecule has 2 aliphatic rings. The molecule has 14 nitrogen and oxygen atoms in total. The lowest BCUT2D eigenvalue weighted by atomic mass is 9.96. The number of aromatic nitrogens is 2. The Morgan fingerprint density at radius 3 is 1.29 bits per heavy atom. The number of amides is 4. The van der Waals surface area contributed by atoms with Gasteiger partial charge in [0.05, 0.1) is 80.4 Å². The number of urea groups is 2. The van der Waals surface area contributed by atoms with Gasteiger partial charge in [0, 0.05) is 51.9 Å². The molecule has 4 heterocycles. The summed E-state index contributed by atoms with van der Waals surface area (Å²) in [6.07, 6.45) is -4.09. The van der Waals surface area contributed by atoms with Gasteiger partial charge in [-0.2, -0.15) is 36.9 Å². The molecule has 2 aliphatic heterocycles. The Balaban J connectivity index is 0.838. The summed E-state index contributed by atoms with van der Waals surface area (Å²) in [4.78, 5) is 29.3. The summed E-state index contributed by atoms with van der Waals surface area (Å²) >= 11 is 0. The number of ether oxygens (including phenoxy) is 2. The second kappa shape index (κ2) is 20.3. The molecule has 2 aromatic heterocycles. The summed E-state index contributed by atoms with van der Waals surface area (Å²) in [7, 11) is 0. The lowest BCUT2D eigenvalue weighted by Crippen LogP contribution is -2.44. The van der Waals surface area contributed by atoms with Gasteiger partial charge in [-0.1, -0.05) is 36.4 Å². The maximum atomic E-state index is 13.7. The van der Waals surface area contributed by atoms with Gasteiger partial charge in [0.15, 0.2) is 11.8 Å². The number of nitrogens with zero attached hydrogens (tertiary/aromatic N) is 6. The third-order valence-corrected chi connectivity index (χ3v) is 11.9. The van der Waals surface area contributed by atoms with Gasteiger partial charge in [0.1, 0.15) is 0 Å². The molecular formula is C50H44F6N8O6. The molecule has 0 bridgehead atoms. The number of unbranched alkanes of at least 4 members (excludes halogenated alkanes) is 1. The predicted octanol–water partition coefficient (Wildman–Crippen LogP) is 10.7. The van der Waals surface area contributed by atoms with Crippen molar-refractivity contribution >= 4 is 34.8 Å². The first-order valence-corrected chi connectivity index (χ1v) is 22.1. The Morgan fingerprint density at radius 1 is 0.557 bits per heavy atom. The number of rotatable bonds is 17. The highest BCUT2D eigenvalue weighted by atomic mass is 19.4. The number of aryl methyl sites for hydroxylation is 2. The maximum absolute atomic E-state index is 13.7. The van der Waals surface area contributed by atoms with Crippen molar-refractivity contribution in [1.82, 2.24) is 19.8 Å². The molecule has 6 aromatic rings. The second-order valence-corrected chi connectivity index (χ2v) is 16.5. The Kier molecular flexibility index (Phi) is 14.1. The summed E-state index contributed by atoms with van der Waals surface area (Å²) < 4.78 is 96.7. The summed E-state index contributed by atoms with van der Waals surface area (Å²) in [6.45, 7) is 1.91. The number of benzene rings is 4. The molecule has 0 spiro atoms. The fourth-order valence-corrected chi connectivity index (χ4v) is 8.53. The quantitative estimate of drug-likeness (QED) is 0.0515. The highest BCUT2D eigenvalue weighted by Crippen LogP contribution is 2.48. The minimum Gasteiger partial charge on any atom is -0.494 e. The van der Waals surface area contributed by atoms with E-state index in [0.717, 1.165) is 34.1 Å². The smallest absolute Gasteiger partial charge is 0.416 e. The van der Waals surface area contributed by atoms with Crippen LogP contribution in [-0.2, 0) is 34.9 Å². The first kappa shape index (κ1) is 48.5. The monoisotopic (exact) mass is 966 g/mol.